The molecule has 1 aromatic carbocycles. The molecule has 1 aliphatic heterocycles. The van der Waals surface area contributed by atoms with Gasteiger partial charge in [-0.15, -0.1) is 10.2 Å². The summed E-state index contributed by atoms with van der Waals surface area (Å²) in [6, 6.07) is 13.1. The fourth-order valence-corrected chi connectivity index (χ4v) is 2.69. The average Bonchev–Trinajstić information content (AvgIpc) is 2.69. The molecule has 7 heteroatoms. The maximum absolute atomic E-state index is 12.5. The second-order valence-electron chi connectivity index (χ2n) is 5.72. The van der Waals surface area contributed by atoms with Gasteiger partial charge in [0.25, 0.3) is 5.91 Å². The zero-order valence-electron chi connectivity index (χ0n) is 14.3. The van der Waals surface area contributed by atoms with E-state index in [-0.39, 0.29) is 5.91 Å². The van der Waals surface area contributed by atoms with E-state index in [2.05, 4.69) is 15.1 Å². The highest BCUT2D eigenvalue weighted by Crippen LogP contribution is 2.16. The highest BCUT2D eigenvalue weighted by atomic mass is 16.5. The Morgan fingerprint density at radius 1 is 1.00 bits per heavy atom. The van der Waals surface area contributed by atoms with Gasteiger partial charge in [-0.25, -0.2) is 0 Å². The average molecular weight is 342 g/mol. The number of nitrogens with zero attached hydrogens (tertiary/aromatic N) is 4. The van der Waals surface area contributed by atoms with Crippen LogP contribution in [0.25, 0.3) is 0 Å². The summed E-state index contributed by atoms with van der Waals surface area (Å²) in [6.45, 7) is 3.77. The van der Waals surface area contributed by atoms with E-state index in [4.69, 9.17) is 9.47 Å². The monoisotopic (exact) mass is 342 g/mol. The molecule has 0 aliphatic carbocycles. The van der Waals surface area contributed by atoms with Crippen LogP contribution in [0.15, 0.2) is 42.5 Å². The minimum Gasteiger partial charge on any atom is -0.474 e. The first kappa shape index (κ1) is 17.2. The molecule has 0 spiro atoms. The van der Waals surface area contributed by atoms with Crippen LogP contribution in [-0.2, 0) is 4.74 Å². The highest BCUT2D eigenvalue weighted by molar-refractivity contribution is 5.94. The van der Waals surface area contributed by atoms with Crippen molar-refractivity contribution in [1.82, 2.24) is 15.1 Å². The molecule has 25 heavy (non-hydrogen) atoms. The molecule has 1 aliphatic rings. The summed E-state index contributed by atoms with van der Waals surface area (Å²) in [5, 5.41) is 8.29. The standard InChI is InChI=1S/C18H22N4O3/c1-24-13-14-25-17-8-7-16(19-20-17)21-9-11-22(12-10-21)18(23)15-5-3-2-4-6-15/h2-8H,9-14H2,1H3. The quantitative estimate of drug-likeness (QED) is 0.741. The van der Waals surface area contributed by atoms with E-state index in [0.717, 1.165) is 24.5 Å². The van der Waals surface area contributed by atoms with Crippen LogP contribution in [0.3, 0.4) is 0 Å². The summed E-state index contributed by atoms with van der Waals surface area (Å²) >= 11 is 0. The molecule has 2 aromatic rings. The first-order chi connectivity index (χ1) is 12.3. The van der Waals surface area contributed by atoms with Crippen molar-refractivity contribution in [2.24, 2.45) is 0 Å². The minimum atomic E-state index is 0.0771. The van der Waals surface area contributed by atoms with E-state index in [1.54, 1.807) is 13.2 Å². The zero-order chi connectivity index (χ0) is 17.5. The molecule has 2 heterocycles. The van der Waals surface area contributed by atoms with Crippen molar-refractivity contribution in [1.29, 1.82) is 0 Å². The van der Waals surface area contributed by atoms with Crippen molar-refractivity contribution in [3.63, 3.8) is 0 Å². The molecule has 3 rings (SSSR count). The fraction of sp³-hybridized carbons (Fsp3) is 0.389. The van der Waals surface area contributed by atoms with E-state index in [1.165, 1.54) is 0 Å². The lowest BCUT2D eigenvalue weighted by atomic mass is 10.2. The molecule has 1 aromatic heterocycles. The molecular weight excluding hydrogens is 320 g/mol. The molecule has 0 atom stereocenters. The van der Waals surface area contributed by atoms with Gasteiger partial charge >= 0.3 is 0 Å². The van der Waals surface area contributed by atoms with Crippen LogP contribution in [0.4, 0.5) is 5.82 Å². The van der Waals surface area contributed by atoms with Gasteiger partial charge < -0.3 is 19.3 Å². The maximum Gasteiger partial charge on any atom is 0.253 e. The SMILES string of the molecule is COCCOc1ccc(N2CCN(C(=O)c3ccccc3)CC2)nn1. The smallest absolute Gasteiger partial charge is 0.253 e. The molecule has 0 saturated carbocycles. The van der Waals surface area contributed by atoms with Crippen LogP contribution in [0, 0.1) is 0 Å². The van der Waals surface area contributed by atoms with Crippen molar-refractivity contribution in [2.45, 2.75) is 0 Å². The second-order valence-corrected chi connectivity index (χ2v) is 5.72. The van der Waals surface area contributed by atoms with Crippen molar-refractivity contribution in [2.75, 3.05) is 51.4 Å². The van der Waals surface area contributed by atoms with Crippen LogP contribution in [0.1, 0.15) is 10.4 Å². The van der Waals surface area contributed by atoms with Crippen LogP contribution in [0.5, 0.6) is 5.88 Å². The van der Waals surface area contributed by atoms with Crippen molar-refractivity contribution < 1.29 is 14.3 Å². The van der Waals surface area contributed by atoms with Gasteiger partial charge in [0.05, 0.1) is 6.61 Å². The van der Waals surface area contributed by atoms with Gasteiger partial charge in [0.2, 0.25) is 5.88 Å². The normalized spacial score (nSPS) is 14.4. The van der Waals surface area contributed by atoms with Gasteiger partial charge in [-0.1, -0.05) is 18.2 Å². The largest absolute Gasteiger partial charge is 0.474 e. The summed E-state index contributed by atoms with van der Waals surface area (Å²) in [4.78, 5) is 16.5. The molecule has 0 N–H and O–H groups in total. The number of rotatable bonds is 6. The molecular formula is C18H22N4O3. The van der Waals surface area contributed by atoms with Crippen LogP contribution < -0.4 is 9.64 Å². The fourth-order valence-electron chi connectivity index (χ4n) is 2.69. The number of methoxy groups -OCH3 is 1. The number of piperazine rings is 1. The lowest BCUT2D eigenvalue weighted by molar-refractivity contribution is 0.0746. The van der Waals surface area contributed by atoms with E-state index in [0.29, 0.717) is 32.2 Å². The predicted octanol–water partition coefficient (Wildman–Crippen LogP) is 1.46. The Bertz CT molecular complexity index is 670. The lowest BCUT2D eigenvalue weighted by Gasteiger charge is -2.35. The molecule has 1 saturated heterocycles. The van der Waals surface area contributed by atoms with E-state index >= 15 is 0 Å². The molecule has 7 nitrogen and oxygen atoms in total. The van der Waals surface area contributed by atoms with Crippen molar-refractivity contribution in [3.8, 4) is 5.88 Å². The Balaban J connectivity index is 1.53. The summed E-state index contributed by atoms with van der Waals surface area (Å²) in [7, 11) is 1.63. The number of carbonyl (C=O) groups is 1. The summed E-state index contributed by atoms with van der Waals surface area (Å²) < 4.78 is 10.3. The van der Waals surface area contributed by atoms with Gasteiger partial charge in [-0.05, 0) is 18.2 Å². The van der Waals surface area contributed by atoms with E-state index in [1.807, 2.05) is 41.3 Å². The first-order valence-electron chi connectivity index (χ1n) is 8.32. The Morgan fingerprint density at radius 3 is 2.40 bits per heavy atom. The third-order valence-corrected chi connectivity index (χ3v) is 4.08. The van der Waals surface area contributed by atoms with Gasteiger partial charge in [0.1, 0.15) is 6.61 Å². The number of amides is 1. The molecule has 0 unspecified atom stereocenters. The van der Waals surface area contributed by atoms with E-state index < -0.39 is 0 Å². The summed E-state index contributed by atoms with van der Waals surface area (Å²) in [6.07, 6.45) is 0. The number of ether oxygens (including phenoxy) is 2. The van der Waals surface area contributed by atoms with Gasteiger partial charge in [-0.2, -0.15) is 0 Å². The molecule has 1 amide bonds. The number of hydrogen-bond donors (Lipinski definition) is 0. The molecule has 132 valence electrons. The van der Waals surface area contributed by atoms with Crippen LogP contribution in [0.2, 0.25) is 0 Å². The topological polar surface area (TPSA) is 67.8 Å². The third-order valence-electron chi connectivity index (χ3n) is 4.08. The minimum absolute atomic E-state index is 0.0771. The summed E-state index contributed by atoms with van der Waals surface area (Å²) in [5.74, 6) is 1.36. The summed E-state index contributed by atoms with van der Waals surface area (Å²) in [5.41, 5.74) is 0.730. The number of anilines is 1. The number of aromatic nitrogens is 2. The Labute approximate surface area is 147 Å². The van der Waals surface area contributed by atoms with Crippen LogP contribution >= 0.6 is 0 Å². The van der Waals surface area contributed by atoms with Gasteiger partial charge in [0, 0.05) is 44.9 Å². The Morgan fingerprint density at radius 2 is 1.76 bits per heavy atom. The Hall–Kier alpha value is -2.67. The maximum atomic E-state index is 12.5. The first-order valence-corrected chi connectivity index (χ1v) is 8.32. The van der Waals surface area contributed by atoms with Crippen molar-refractivity contribution >= 4 is 11.7 Å². The van der Waals surface area contributed by atoms with E-state index in [9.17, 15) is 4.79 Å². The molecule has 1 fully saturated rings. The highest BCUT2D eigenvalue weighted by Gasteiger charge is 2.22. The predicted molar refractivity (Wildman–Crippen MR) is 94.0 cm³/mol. The lowest BCUT2D eigenvalue weighted by Crippen LogP contribution is -2.49. The van der Waals surface area contributed by atoms with Crippen LogP contribution in [-0.4, -0.2) is 67.5 Å². The third kappa shape index (κ3) is 4.45. The number of hydrogen-bond acceptors (Lipinski definition) is 6. The van der Waals surface area contributed by atoms with Gasteiger partial charge in [0.15, 0.2) is 5.82 Å². The second kappa shape index (κ2) is 8.43. The molecule has 0 bridgehead atoms. The number of carbonyl (C=O) groups excluding carboxylic acids is 1. The zero-order valence-corrected chi connectivity index (χ0v) is 14.3. The number of benzene rings is 1. The van der Waals surface area contributed by atoms with Crippen molar-refractivity contribution in [3.05, 3.63) is 48.0 Å². The molecule has 0 radical (unpaired) electrons. The van der Waals surface area contributed by atoms with Gasteiger partial charge in [-0.3, -0.25) is 4.79 Å². The Kier molecular flexibility index (Phi) is 5.79.